The monoisotopic (exact) mass is 425 g/mol. The van der Waals surface area contributed by atoms with Crippen molar-refractivity contribution in [2.24, 2.45) is 5.73 Å². The highest BCUT2D eigenvalue weighted by atomic mass is 35.5. The molecule has 0 bridgehead atoms. The zero-order valence-corrected chi connectivity index (χ0v) is 17.3. The van der Waals surface area contributed by atoms with Crippen molar-refractivity contribution in [3.05, 3.63) is 53.1 Å². The molecule has 9 heteroatoms. The normalized spacial score (nSPS) is 15.3. The fourth-order valence-electron chi connectivity index (χ4n) is 2.90. The number of nitrogens with one attached hydrogen (secondary N) is 2. The average molecular weight is 426 g/mol. The van der Waals surface area contributed by atoms with E-state index in [0.717, 1.165) is 22.4 Å². The van der Waals surface area contributed by atoms with Gasteiger partial charge < -0.3 is 15.8 Å². The topological polar surface area (TPSA) is 111 Å². The van der Waals surface area contributed by atoms with Crippen LogP contribution in [0, 0.1) is 13.8 Å². The molecule has 1 aliphatic heterocycles. The smallest absolute Gasteiger partial charge is 0.265 e. The van der Waals surface area contributed by atoms with Gasteiger partial charge in [-0.2, -0.15) is 0 Å². The van der Waals surface area contributed by atoms with E-state index in [9.17, 15) is 13.2 Å². The summed E-state index contributed by atoms with van der Waals surface area (Å²) in [6.07, 6.45) is -0.157. The predicted molar refractivity (Wildman–Crippen MR) is 111 cm³/mol. The molecule has 1 amide bonds. The molecule has 0 radical (unpaired) electrons. The number of sulfonamides is 1. The number of carbonyl (C=O) groups excluding carboxylic acids is 1. The third-order valence-corrected chi connectivity index (χ3v) is 5.95. The number of benzene rings is 2. The van der Waals surface area contributed by atoms with Gasteiger partial charge in [-0.1, -0.05) is 12.1 Å². The number of hydrogen-bond acceptors (Lipinski definition) is 5. The molecule has 0 saturated carbocycles. The van der Waals surface area contributed by atoms with Gasteiger partial charge in [0.15, 0.2) is 6.10 Å². The van der Waals surface area contributed by atoms with E-state index in [1.165, 1.54) is 12.1 Å². The van der Waals surface area contributed by atoms with Gasteiger partial charge in [-0.05, 0) is 54.8 Å². The number of halogens is 1. The SMILES string of the molecule is Cc1cc2c(cc1C)OC(C(=O)Nc1cccc(S(=O)(=O)NCCN)c1)C2.Cl. The van der Waals surface area contributed by atoms with Crippen LogP contribution in [-0.4, -0.2) is 33.5 Å². The summed E-state index contributed by atoms with van der Waals surface area (Å²) in [5.41, 5.74) is 8.99. The molecule has 1 heterocycles. The molecule has 0 aromatic heterocycles. The average Bonchev–Trinajstić information content (AvgIpc) is 3.03. The zero-order valence-electron chi connectivity index (χ0n) is 15.7. The summed E-state index contributed by atoms with van der Waals surface area (Å²) in [6.45, 7) is 4.37. The molecule has 0 fully saturated rings. The molecule has 1 atom stereocenters. The first-order chi connectivity index (χ1) is 12.8. The highest BCUT2D eigenvalue weighted by Gasteiger charge is 2.29. The van der Waals surface area contributed by atoms with Crippen molar-refractivity contribution in [3.63, 3.8) is 0 Å². The Labute approximate surface area is 171 Å². The Morgan fingerprint density at radius 2 is 1.93 bits per heavy atom. The summed E-state index contributed by atoms with van der Waals surface area (Å²) >= 11 is 0. The molecular formula is C19H24ClN3O4S. The fraction of sp³-hybridized carbons (Fsp3) is 0.316. The summed E-state index contributed by atoms with van der Waals surface area (Å²) in [5, 5.41) is 2.74. The van der Waals surface area contributed by atoms with Gasteiger partial charge in [0.1, 0.15) is 5.75 Å². The van der Waals surface area contributed by atoms with Gasteiger partial charge in [-0.3, -0.25) is 4.79 Å². The summed E-state index contributed by atoms with van der Waals surface area (Å²) in [7, 11) is -3.67. The van der Waals surface area contributed by atoms with Crippen LogP contribution in [0.5, 0.6) is 5.75 Å². The van der Waals surface area contributed by atoms with E-state index in [2.05, 4.69) is 10.0 Å². The van der Waals surface area contributed by atoms with Crippen molar-refractivity contribution in [2.75, 3.05) is 18.4 Å². The van der Waals surface area contributed by atoms with Gasteiger partial charge in [-0.25, -0.2) is 13.1 Å². The quantitative estimate of drug-likeness (QED) is 0.654. The number of aryl methyl sites for hydroxylation is 2. The number of rotatable bonds is 6. The van der Waals surface area contributed by atoms with Gasteiger partial charge >= 0.3 is 0 Å². The Kier molecular flexibility index (Phi) is 7.06. The second-order valence-electron chi connectivity index (χ2n) is 6.56. The van der Waals surface area contributed by atoms with E-state index < -0.39 is 16.1 Å². The van der Waals surface area contributed by atoms with Gasteiger partial charge in [0.05, 0.1) is 4.90 Å². The summed E-state index contributed by atoms with van der Waals surface area (Å²) in [5.74, 6) is 0.409. The zero-order chi connectivity index (χ0) is 19.6. The molecule has 7 nitrogen and oxygen atoms in total. The molecule has 28 heavy (non-hydrogen) atoms. The molecule has 4 N–H and O–H groups in total. The number of amides is 1. The van der Waals surface area contributed by atoms with E-state index in [4.69, 9.17) is 10.5 Å². The summed E-state index contributed by atoms with van der Waals surface area (Å²) in [4.78, 5) is 12.6. The third-order valence-electron chi connectivity index (χ3n) is 4.49. The summed E-state index contributed by atoms with van der Waals surface area (Å²) < 4.78 is 32.6. The number of hydrogen-bond donors (Lipinski definition) is 3. The first-order valence-electron chi connectivity index (χ1n) is 8.67. The molecule has 0 aliphatic carbocycles. The second-order valence-corrected chi connectivity index (χ2v) is 8.33. The largest absolute Gasteiger partial charge is 0.480 e. The number of carbonyl (C=O) groups is 1. The Balaban J connectivity index is 0.00000280. The van der Waals surface area contributed by atoms with Gasteiger partial charge in [0.2, 0.25) is 10.0 Å². The van der Waals surface area contributed by atoms with Crippen LogP contribution in [0.25, 0.3) is 0 Å². The maximum absolute atomic E-state index is 12.6. The van der Waals surface area contributed by atoms with Crippen LogP contribution >= 0.6 is 12.4 Å². The lowest BCUT2D eigenvalue weighted by Crippen LogP contribution is -2.32. The molecular weight excluding hydrogens is 402 g/mol. The van der Waals surface area contributed by atoms with E-state index >= 15 is 0 Å². The Hall–Kier alpha value is -2.13. The molecule has 0 spiro atoms. The van der Waals surface area contributed by atoms with Crippen molar-refractivity contribution in [3.8, 4) is 5.75 Å². The Morgan fingerprint density at radius 3 is 2.64 bits per heavy atom. The molecule has 2 aromatic rings. The van der Waals surface area contributed by atoms with E-state index in [-0.39, 0.29) is 36.3 Å². The fourth-order valence-corrected chi connectivity index (χ4v) is 3.99. The molecule has 1 unspecified atom stereocenters. The van der Waals surface area contributed by atoms with Crippen LogP contribution < -0.4 is 20.5 Å². The minimum Gasteiger partial charge on any atom is -0.480 e. The number of ether oxygens (including phenoxy) is 1. The highest BCUT2D eigenvalue weighted by Crippen LogP contribution is 2.32. The molecule has 3 rings (SSSR count). The minimum atomic E-state index is -3.67. The van der Waals surface area contributed by atoms with Crippen molar-refractivity contribution in [1.29, 1.82) is 0 Å². The second kappa shape index (κ2) is 8.91. The highest BCUT2D eigenvalue weighted by molar-refractivity contribution is 7.89. The van der Waals surface area contributed by atoms with Crippen molar-refractivity contribution < 1.29 is 17.9 Å². The van der Waals surface area contributed by atoms with Gasteiger partial charge in [0, 0.05) is 25.2 Å². The lowest BCUT2D eigenvalue weighted by atomic mass is 10.0. The lowest BCUT2D eigenvalue weighted by molar-refractivity contribution is -0.122. The first-order valence-corrected chi connectivity index (χ1v) is 10.2. The number of nitrogens with two attached hydrogens (primary N) is 1. The standard InChI is InChI=1S/C19H23N3O4S.ClH/c1-12-8-14-10-18(26-17(14)9-13(12)2)19(23)22-15-4-3-5-16(11-15)27(24,25)21-7-6-20;/h3-5,8-9,11,18,21H,6-7,10,20H2,1-2H3,(H,22,23);1H. The molecule has 0 saturated heterocycles. The maximum atomic E-state index is 12.6. The van der Waals surface area contributed by atoms with Crippen LogP contribution in [0.4, 0.5) is 5.69 Å². The van der Waals surface area contributed by atoms with Crippen LogP contribution in [0.2, 0.25) is 0 Å². The van der Waals surface area contributed by atoms with Crippen LogP contribution in [0.15, 0.2) is 41.3 Å². The van der Waals surface area contributed by atoms with Crippen LogP contribution in [0.3, 0.4) is 0 Å². The minimum absolute atomic E-state index is 0. The van der Waals surface area contributed by atoms with Crippen LogP contribution in [0.1, 0.15) is 16.7 Å². The Bertz CT molecular complexity index is 948. The molecule has 152 valence electrons. The van der Waals surface area contributed by atoms with Crippen molar-refractivity contribution in [1.82, 2.24) is 4.72 Å². The predicted octanol–water partition coefficient (Wildman–Crippen LogP) is 1.90. The number of anilines is 1. The molecule has 2 aromatic carbocycles. The van der Waals surface area contributed by atoms with Crippen molar-refractivity contribution >= 4 is 34.0 Å². The Morgan fingerprint density at radius 1 is 1.21 bits per heavy atom. The van der Waals surface area contributed by atoms with Gasteiger partial charge in [0.25, 0.3) is 5.91 Å². The van der Waals surface area contributed by atoms with Crippen LogP contribution in [-0.2, 0) is 21.2 Å². The van der Waals surface area contributed by atoms with Gasteiger partial charge in [-0.15, -0.1) is 12.4 Å². The molecule has 1 aliphatic rings. The van der Waals surface area contributed by atoms with E-state index in [1.54, 1.807) is 12.1 Å². The summed E-state index contributed by atoms with van der Waals surface area (Å²) in [6, 6.07) is 10.1. The lowest BCUT2D eigenvalue weighted by Gasteiger charge is -2.12. The maximum Gasteiger partial charge on any atom is 0.265 e. The van der Waals surface area contributed by atoms with E-state index in [0.29, 0.717) is 12.1 Å². The first kappa shape index (κ1) is 22.2. The van der Waals surface area contributed by atoms with E-state index in [1.807, 2.05) is 26.0 Å². The number of fused-ring (bicyclic) bond motifs is 1. The van der Waals surface area contributed by atoms with Crippen molar-refractivity contribution in [2.45, 2.75) is 31.3 Å². The third kappa shape index (κ3) is 4.82.